The highest BCUT2D eigenvalue weighted by molar-refractivity contribution is 9.10. The summed E-state index contributed by atoms with van der Waals surface area (Å²) in [5, 5.41) is 12.5. The number of nitrogens with zero attached hydrogens (tertiary/aromatic N) is 1. The number of hydrogen-bond donors (Lipinski definition) is 3. The molecule has 1 atom stereocenters. The minimum Gasteiger partial charge on any atom is -0.464 e. The fourth-order valence-electron chi connectivity index (χ4n) is 1.29. The quantitative estimate of drug-likeness (QED) is 0.681. The Kier molecular flexibility index (Phi) is 5.87. The summed E-state index contributed by atoms with van der Waals surface area (Å²) in [6.45, 7) is 2.34. The molecule has 4 N–H and O–H groups in total. The van der Waals surface area contributed by atoms with Crippen LogP contribution in [0.25, 0.3) is 0 Å². The molecule has 0 fully saturated rings. The molecule has 0 aromatic carbocycles. The van der Waals surface area contributed by atoms with Gasteiger partial charge in [-0.05, 0) is 28.9 Å². The summed E-state index contributed by atoms with van der Waals surface area (Å²) >= 11 is 3.28. The molecule has 1 unspecified atom stereocenters. The molecule has 0 aliphatic rings. The van der Waals surface area contributed by atoms with E-state index in [1.54, 1.807) is 19.2 Å². The number of hydrogen-bond acceptors (Lipinski definition) is 6. The summed E-state index contributed by atoms with van der Waals surface area (Å²) in [6, 6.07) is 1.78. The van der Waals surface area contributed by atoms with Crippen LogP contribution >= 0.6 is 15.9 Å². The molecule has 6 nitrogen and oxygen atoms in total. The number of nitrogen functional groups attached to an aromatic ring is 1. The molecule has 7 heteroatoms. The highest BCUT2D eigenvalue weighted by Crippen LogP contribution is 2.20. The third kappa shape index (κ3) is 4.50. The van der Waals surface area contributed by atoms with Crippen molar-refractivity contribution in [2.24, 2.45) is 0 Å². The number of aliphatic hydroxyl groups is 1. The number of carbonyl (C=O) groups is 1. The van der Waals surface area contributed by atoms with Crippen LogP contribution in [-0.4, -0.2) is 35.3 Å². The van der Waals surface area contributed by atoms with Crippen LogP contribution in [0, 0.1) is 0 Å². The molecule has 0 aliphatic carbocycles. The number of aromatic nitrogens is 1. The monoisotopic (exact) mass is 317 g/mol. The van der Waals surface area contributed by atoms with Gasteiger partial charge in [0.2, 0.25) is 0 Å². The van der Waals surface area contributed by atoms with Gasteiger partial charge in [0.1, 0.15) is 5.82 Å². The zero-order valence-corrected chi connectivity index (χ0v) is 11.6. The van der Waals surface area contributed by atoms with Gasteiger partial charge in [0.05, 0.1) is 12.3 Å². The van der Waals surface area contributed by atoms with Crippen molar-refractivity contribution < 1.29 is 14.6 Å². The largest absolute Gasteiger partial charge is 0.464 e. The average Bonchev–Trinajstić information content (AvgIpc) is 2.33. The zero-order valence-electron chi connectivity index (χ0n) is 10.0. The van der Waals surface area contributed by atoms with E-state index in [0.29, 0.717) is 18.1 Å². The molecule has 0 amide bonds. The van der Waals surface area contributed by atoms with E-state index in [-0.39, 0.29) is 13.0 Å². The Balaban J connectivity index is 2.41. The molecule has 1 heterocycles. The van der Waals surface area contributed by atoms with Crippen LogP contribution in [0.3, 0.4) is 0 Å². The van der Waals surface area contributed by atoms with Gasteiger partial charge >= 0.3 is 5.97 Å². The number of rotatable bonds is 6. The van der Waals surface area contributed by atoms with E-state index in [9.17, 15) is 9.90 Å². The van der Waals surface area contributed by atoms with Gasteiger partial charge in [-0.3, -0.25) is 0 Å². The number of nitrogens with one attached hydrogen (secondary N) is 1. The normalized spacial score (nSPS) is 11.9. The number of pyridine rings is 1. The van der Waals surface area contributed by atoms with Crippen LogP contribution in [0.15, 0.2) is 16.7 Å². The third-order valence-electron chi connectivity index (χ3n) is 2.18. The molecule has 100 valence electrons. The first-order valence-electron chi connectivity index (χ1n) is 5.54. The van der Waals surface area contributed by atoms with Gasteiger partial charge in [0.25, 0.3) is 0 Å². The number of esters is 1. The highest BCUT2D eigenvalue weighted by Gasteiger charge is 2.15. The first kappa shape index (κ1) is 14.7. The lowest BCUT2D eigenvalue weighted by Gasteiger charge is -2.12. The van der Waals surface area contributed by atoms with Crippen LogP contribution in [-0.2, 0) is 9.53 Å². The van der Waals surface area contributed by atoms with E-state index >= 15 is 0 Å². The maximum absolute atomic E-state index is 11.2. The Hall–Kier alpha value is -1.34. The lowest BCUT2D eigenvalue weighted by Crippen LogP contribution is -2.25. The minimum absolute atomic E-state index is 0.241. The summed E-state index contributed by atoms with van der Waals surface area (Å²) in [6.07, 6.45) is 0.706. The van der Waals surface area contributed by atoms with Crippen molar-refractivity contribution in [3.8, 4) is 0 Å². The zero-order chi connectivity index (χ0) is 13.5. The number of halogens is 1. The second kappa shape index (κ2) is 7.17. The van der Waals surface area contributed by atoms with Crippen LogP contribution in [0.4, 0.5) is 11.5 Å². The Morgan fingerprint density at radius 3 is 3.11 bits per heavy atom. The van der Waals surface area contributed by atoms with Crippen molar-refractivity contribution in [3.05, 3.63) is 16.7 Å². The molecule has 1 aromatic rings. The predicted octanol–water partition coefficient (Wildman–Crippen LogP) is 1.15. The van der Waals surface area contributed by atoms with Gasteiger partial charge in [0, 0.05) is 23.6 Å². The van der Waals surface area contributed by atoms with Crippen molar-refractivity contribution in [1.82, 2.24) is 4.98 Å². The molecule has 0 bridgehead atoms. The van der Waals surface area contributed by atoms with Gasteiger partial charge in [-0.1, -0.05) is 0 Å². The molecular weight excluding hydrogens is 302 g/mol. The Morgan fingerprint density at radius 2 is 2.44 bits per heavy atom. The molecule has 0 aliphatic heterocycles. The lowest BCUT2D eigenvalue weighted by atomic mass is 10.2. The van der Waals surface area contributed by atoms with Crippen LogP contribution < -0.4 is 11.1 Å². The molecule has 0 saturated heterocycles. The highest BCUT2D eigenvalue weighted by atomic mass is 79.9. The summed E-state index contributed by atoms with van der Waals surface area (Å²) < 4.78 is 5.48. The first-order valence-corrected chi connectivity index (χ1v) is 6.33. The van der Waals surface area contributed by atoms with E-state index in [4.69, 9.17) is 5.73 Å². The van der Waals surface area contributed by atoms with Crippen LogP contribution in [0.1, 0.15) is 13.3 Å². The molecular formula is C11H16BrN3O3. The second-order valence-corrected chi connectivity index (χ2v) is 4.49. The van der Waals surface area contributed by atoms with Gasteiger partial charge < -0.3 is 20.9 Å². The van der Waals surface area contributed by atoms with Crippen LogP contribution in [0.2, 0.25) is 0 Å². The van der Waals surface area contributed by atoms with Crippen LogP contribution in [0.5, 0.6) is 0 Å². The summed E-state index contributed by atoms with van der Waals surface area (Å²) in [5.74, 6) is -0.247. The number of carbonyl (C=O) groups excluding carboxylic acids is 1. The maximum Gasteiger partial charge on any atom is 0.335 e. The standard InChI is InChI=1S/C11H16BrN3O3/c1-2-18-11(17)9(16)3-4-14-8-5-7(12)6-15-10(8)13/h5-6,9,14,16H,2-4H2,1H3,(H2,13,15). The first-order chi connectivity index (χ1) is 8.54. The summed E-state index contributed by atoms with van der Waals surface area (Å²) in [5.41, 5.74) is 6.32. The summed E-state index contributed by atoms with van der Waals surface area (Å²) in [4.78, 5) is 15.1. The molecule has 1 aromatic heterocycles. The fraction of sp³-hybridized carbons (Fsp3) is 0.455. The second-order valence-electron chi connectivity index (χ2n) is 3.57. The van der Waals surface area contributed by atoms with Crippen molar-refractivity contribution in [2.75, 3.05) is 24.2 Å². The predicted molar refractivity (Wildman–Crippen MR) is 72.1 cm³/mol. The van der Waals surface area contributed by atoms with Crippen molar-refractivity contribution in [2.45, 2.75) is 19.4 Å². The maximum atomic E-state index is 11.2. The van der Waals surface area contributed by atoms with Gasteiger partial charge in [0.15, 0.2) is 6.10 Å². The van der Waals surface area contributed by atoms with E-state index < -0.39 is 12.1 Å². The number of anilines is 2. The van der Waals surface area contributed by atoms with Gasteiger partial charge in [-0.2, -0.15) is 0 Å². The number of aliphatic hydroxyl groups excluding tert-OH is 1. The smallest absolute Gasteiger partial charge is 0.335 e. The topological polar surface area (TPSA) is 97.5 Å². The van der Waals surface area contributed by atoms with Crippen molar-refractivity contribution in [3.63, 3.8) is 0 Å². The third-order valence-corrected chi connectivity index (χ3v) is 2.61. The Bertz CT molecular complexity index is 415. The van der Waals surface area contributed by atoms with E-state index in [0.717, 1.165) is 4.47 Å². The minimum atomic E-state index is -1.13. The lowest BCUT2D eigenvalue weighted by molar-refractivity contribution is -0.153. The molecule has 18 heavy (non-hydrogen) atoms. The molecule has 0 radical (unpaired) electrons. The fourth-order valence-corrected chi connectivity index (χ4v) is 1.62. The Labute approximate surface area is 114 Å². The van der Waals surface area contributed by atoms with E-state index in [2.05, 4.69) is 31.0 Å². The van der Waals surface area contributed by atoms with Gasteiger partial charge in [-0.15, -0.1) is 0 Å². The van der Waals surface area contributed by atoms with Crippen molar-refractivity contribution >= 4 is 33.4 Å². The summed E-state index contributed by atoms with van der Waals surface area (Å²) in [7, 11) is 0. The van der Waals surface area contributed by atoms with E-state index in [1.807, 2.05) is 0 Å². The van der Waals surface area contributed by atoms with E-state index in [1.165, 1.54) is 0 Å². The molecule has 0 saturated carbocycles. The Morgan fingerprint density at radius 1 is 1.72 bits per heavy atom. The van der Waals surface area contributed by atoms with Gasteiger partial charge in [-0.25, -0.2) is 9.78 Å². The number of nitrogens with two attached hydrogens (primary N) is 1. The number of ether oxygens (including phenoxy) is 1. The molecule has 0 spiro atoms. The molecule has 1 rings (SSSR count). The van der Waals surface area contributed by atoms with Crippen molar-refractivity contribution in [1.29, 1.82) is 0 Å². The SMILES string of the molecule is CCOC(=O)C(O)CCNc1cc(Br)cnc1N. The average molecular weight is 318 g/mol.